The molecule has 0 bridgehead atoms. The van der Waals surface area contributed by atoms with Crippen LogP contribution in [0.1, 0.15) is 47.0 Å². The molecule has 1 saturated heterocycles. The molecule has 0 aromatic heterocycles. The number of amides is 3. The van der Waals surface area contributed by atoms with Gasteiger partial charge in [0.2, 0.25) is 17.7 Å². The summed E-state index contributed by atoms with van der Waals surface area (Å²) in [5.74, 6) is -1.21. The summed E-state index contributed by atoms with van der Waals surface area (Å²) in [6.45, 7) is 7.85. The number of hydrogen-bond donors (Lipinski definition) is 3. The Morgan fingerprint density at radius 3 is 2.52 bits per heavy atom. The number of carbonyl (C=O) groups excluding carboxylic acids is 4. The highest BCUT2D eigenvalue weighted by atomic mass is 16.5. The van der Waals surface area contributed by atoms with Gasteiger partial charge in [0.25, 0.3) is 0 Å². The Labute approximate surface area is 160 Å². The minimum atomic E-state index is -0.668. The zero-order chi connectivity index (χ0) is 20.4. The molecule has 152 valence electrons. The highest BCUT2D eigenvalue weighted by Gasteiger charge is 2.29. The van der Waals surface area contributed by atoms with Crippen LogP contribution in [0.3, 0.4) is 0 Å². The molecule has 1 heterocycles. The quantitative estimate of drug-likeness (QED) is 0.380. The van der Waals surface area contributed by atoms with E-state index in [2.05, 4.69) is 16.0 Å². The van der Waals surface area contributed by atoms with E-state index < -0.39 is 18.1 Å². The lowest BCUT2D eigenvalue weighted by atomic mass is 9.97. The maximum Gasteiger partial charge on any atom is 0.330 e. The van der Waals surface area contributed by atoms with Crippen LogP contribution in [0.5, 0.6) is 0 Å². The third-order valence-electron chi connectivity index (χ3n) is 4.18. The Kier molecular flexibility index (Phi) is 9.53. The molecule has 0 unspecified atom stereocenters. The maximum atomic E-state index is 12.7. The van der Waals surface area contributed by atoms with Crippen molar-refractivity contribution in [3.05, 3.63) is 12.2 Å². The van der Waals surface area contributed by atoms with Gasteiger partial charge in [-0.1, -0.05) is 19.9 Å². The van der Waals surface area contributed by atoms with Crippen molar-refractivity contribution >= 4 is 23.7 Å². The van der Waals surface area contributed by atoms with E-state index in [4.69, 9.17) is 4.74 Å². The molecule has 0 radical (unpaired) electrons. The Morgan fingerprint density at radius 2 is 2.00 bits per heavy atom. The van der Waals surface area contributed by atoms with E-state index in [9.17, 15) is 19.2 Å². The van der Waals surface area contributed by atoms with Gasteiger partial charge in [0.1, 0.15) is 6.04 Å². The first-order chi connectivity index (χ1) is 12.7. The molecular weight excluding hydrogens is 350 g/mol. The van der Waals surface area contributed by atoms with Crippen molar-refractivity contribution in [2.75, 3.05) is 13.2 Å². The fourth-order valence-corrected chi connectivity index (χ4v) is 2.98. The number of nitrogens with one attached hydrogen (secondary N) is 3. The van der Waals surface area contributed by atoms with Gasteiger partial charge >= 0.3 is 5.97 Å². The first-order valence-electron chi connectivity index (χ1n) is 9.43. The second-order valence-corrected chi connectivity index (χ2v) is 7.12. The Morgan fingerprint density at radius 1 is 1.30 bits per heavy atom. The van der Waals surface area contributed by atoms with Crippen molar-refractivity contribution in [1.82, 2.24) is 16.0 Å². The van der Waals surface area contributed by atoms with Gasteiger partial charge in [-0.05, 0) is 32.1 Å². The normalized spacial score (nSPS) is 18.9. The summed E-state index contributed by atoms with van der Waals surface area (Å²) in [6, 6.07) is -1.18. The van der Waals surface area contributed by atoms with Gasteiger partial charge in [0.05, 0.1) is 6.61 Å². The van der Waals surface area contributed by atoms with Gasteiger partial charge in [0, 0.05) is 31.5 Å². The lowest BCUT2D eigenvalue weighted by molar-refractivity contribution is -0.137. The van der Waals surface area contributed by atoms with E-state index in [1.807, 2.05) is 13.8 Å². The zero-order valence-electron chi connectivity index (χ0n) is 16.5. The summed E-state index contributed by atoms with van der Waals surface area (Å²) in [5.41, 5.74) is 0. The first kappa shape index (κ1) is 22.7. The Balaban J connectivity index is 2.85. The summed E-state index contributed by atoms with van der Waals surface area (Å²) in [4.78, 5) is 47.6. The number of ether oxygens (including phenoxy) is 1. The molecule has 0 saturated carbocycles. The molecule has 8 nitrogen and oxygen atoms in total. The Bertz CT molecular complexity index is 574. The second kappa shape index (κ2) is 11.4. The van der Waals surface area contributed by atoms with Crippen molar-refractivity contribution in [3.8, 4) is 0 Å². The molecule has 1 aliphatic rings. The molecule has 1 fully saturated rings. The van der Waals surface area contributed by atoms with E-state index in [0.717, 1.165) is 0 Å². The van der Waals surface area contributed by atoms with Crippen LogP contribution < -0.4 is 16.0 Å². The van der Waals surface area contributed by atoms with Gasteiger partial charge in [-0.25, -0.2) is 4.79 Å². The smallest absolute Gasteiger partial charge is 0.330 e. The average Bonchev–Trinajstić information content (AvgIpc) is 2.96. The standard InChI is InChI=1S/C19H31N3O5/c1-5-27-17(24)7-6-15(11-14-8-9-20-18(14)25)22-19(26)16(10-12(2)3)21-13(4)23/h6-7,12,14-16H,5,8-11H2,1-4H3,(H,20,25)(H,21,23)(H,22,26)/t14-,15+,16-/m0/s1. The molecule has 3 amide bonds. The fourth-order valence-electron chi connectivity index (χ4n) is 2.98. The molecule has 27 heavy (non-hydrogen) atoms. The lowest BCUT2D eigenvalue weighted by Crippen LogP contribution is -2.49. The van der Waals surface area contributed by atoms with Crippen LogP contribution in [0.25, 0.3) is 0 Å². The zero-order valence-corrected chi connectivity index (χ0v) is 16.5. The Hall–Kier alpha value is -2.38. The predicted octanol–water partition coefficient (Wildman–Crippen LogP) is 0.668. The second-order valence-electron chi connectivity index (χ2n) is 7.12. The van der Waals surface area contributed by atoms with Crippen LogP contribution in [0.2, 0.25) is 0 Å². The molecular formula is C19H31N3O5. The molecule has 3 atom stereocenters. The van der Waals surface area contributed by atoms with Crippen LogP contribution in [0.15, 0.2) is 12.2 Å². The van der Waals surface area contributed by atoms with E-state index in [1.165, 1.54) is 13.0 Å². The van der Waals surface area contributed by atoms with Crippen LogP contribution in [-0.4, -0.2) is 48.9 Å². The largest absolute Gasteiger partial charge is 0.463 e. The summed E-state index contributed by atoms with van der Waals surface area (Å²) in [7, 11) is 0. The summed E-state index contributed by atoms with van der Waals surface area (Å²) >= 11 is 0. The number of rotatable bonds is 10. The van der Waals surface area contributed by atoms with Crippen molar-refractivity contribution in [1.29, 1.82) is 0 Å². The third kappa shape index (κ3) is 8.70. The summed E-state index contributed by atoms with van der Waals surface area (Å²) in [5, 5.41) is 8.27. The van der Waals surface area contributed by atoms with Crippen LogP contribution in [-0.2, 0) is 23.9 Å². The van der Waals surface area contributed by atoms with E-state index in [1.54, 1.807) is 13.0 Å². The molecule has 0 aliphatic carbocycles. The molecule has 8 heteroatoms. The molecule has 0 spiro atoms. The molecule has 0 aromatic rings. The molecule has 3 N–H and O–H groups in total. The minimum absolute atomic E-state index is 0.0561. The highest BCUT2D eigenvalue weighted by molar-refractivity contribution is 5.87. The van der Waals surface area contributed by atoms with E-state index >= 15 is 0 Å². The third-order valence-corrected chi connectivity index (χ3v) is 4.18. The average molecular weight is 381 g/mol. The number of esters is 1. The maximum absolute atomic E-state index is 12.7. The minimum Gasteiger partial charge on any atom is -0.463 e. The van der Waals surface area contributed by atoms with Crippen LogP contribution in [0, 0.1) is 11.8 Å². The van der Waals surface area contributed by atoms with Gasteiger partial charge in [-0.2, -0.15) is 0 Å². The van der Waals surface area contributed by atoms with E-state index in [-0.39, 0.29) is 36.2 Å². The SMILES string of the molecule is CCOC(=O)C=C[C@H](C[C@@H]1CCNC1=O)NC(=O)[C@H](CC(C)C)NC(C)=O. The summed E-state index contributed by atoms with van der Waals surface area (Å²) < 4.78 is 4.87. The van der Waals surface area contributed by atoms with Crippen molar-refractivity contribution < 1.29 is 23.9 Å². The van der Waals surface area contributed by atoms with Gasteiger partial charge in [-0.3, -0.25) is 14.4 Å². The van der Waals surface area contributed by atoms with Crippen molar-refractivity contribution in [3.63, 3.8) is 0 Å². The van der Waals surface area contributed by atoms with Crippen LogP contribution in [0.4, 0.5) is 0 Å². The highest BCUT2D eigenvalue weighted by Crippen LogP contribution is 2.17. The lowest BCUT2D eigenvalue weighted by Gasteiger charge is -2.23. The number of hydrogen-bond acceptors (Lipinski definition) is 5. The van der Waals surface area contributed by atoms with Gasteiger partial charge in [-0.15, -0.1) is 0 Å². The monoisotopic (exact) mass is 381 g/mol. The number of carbonyl (C=O) groups is 4. The molecule has 1 rings (SSSR count). The predicted molar refractivity (Wildman–Crippen MR) is 100 cm³/mol. The fraction of sp³-hybridized carbons (Fsp3) is 0.684. The molecule has 0 aromatic carbocycles. The van der Waals surface area contributed by atoms with Crippen molar-refractivity contribution in [2.24, 2.45) is 11.8 Å². The van der Waals surface area contributed by atoms with Crippen molar-refractivity contribution in [2.45, 2.75) is 59.0 Å². The van der Waals surface area contributed by atoms with Gasteiger partial charge < -0.3 is 20.7 Å². The first-order valence-corrected chi connectivity index (χ1v) is 9.43. The molecule has 1 aliphatic heterocycles. The van der Waals surface area contributed by atoms with E-state index in [0.29, 0.717) is 25.8 Å². The topological polar surface area (TPSA) is 114 Å². The summed E-state index contributed by atoms with van der Waals surface area (Å²) in [6.07, 6.45) is 4.35. The van der Waals surface area contributed by atoms with Gasteiger partial charge in [0.15, 0.2) is 0 Å². The van der Waals surface area contributed by atoms with Crippen LogP contribution >= 0.6 is 0 Å².